The highest BCUT2D eigenvalue weighted by Crippen LogP contribution is 2.48. The fourth-order valence-electron chi connectivity index (χ4n) is 9.50. The van der Waals surface area contributed by atoms with Crippen LogP contribution in [0.4, 0.5) is 0 Å². The Hall–Kier alpha value is -7.44. The van der Waals surface area contributed by atoms with E-state index in [-0.39, 0.29) is 0 Å². The van der Waals surface area contributed by atoms with Crippen LogP contribution in [0.5, 0.6) is 0 Å². The lowest BCUT2D eigenvalue weighted by atomic mass is 10.0. The first-order valence-corrected chi connectivity index (χ1v) is 22.3. The molecule has 0 saturated heterocycles. The smallest absolute Gasteiger partial charge is 0.0711 e. The van der Waals surface area contributed by atoms with Gasteiger partial charge in [0.2, 0.25) is 0 Å². The third kappa shape index (κ3) is 5.34. The molecule has 0 unspecified atom stereocenters. The van der Waals surface area contributed by atoms with Crippen molar-refractivity contribution in [3.05, 3.63) is 212 Å². The molecule has 13 aromatic rings. The van der Waals surface area contributed by atoms with Crippen LogP contribution in [0.25, 0.3) is 113 Å². The molecule has 286 valence electrons. The van der Waals surface area contributed by atoms with E-state index >= 15 is 0 Å². The molecule has 0 aliphatic carbocycles. The summed E-state index contributed by atoms with van der Waals surface area (Å²) in [5, 5.41) is 4.96. The number of nitrogens with zero attached hydrogens (tertiary/aromatic N) is 3. The minimum absolute atomic E-state index is 1.15. The van der Waals surface area contributed by atoms with Gasteiger partial charge < -0.3 is 13.7 Å². The standard InChI is InChI=1S/C56H35N3S2/c1-6-16-36(17-7-1)38-26-28-47-43(30-38)45-32-50-46(33-49(45)57(47)40-20-10-3-11-21-40)44-31-39(27-29-48(44)58(50)41-22-12-4-13-23-41)54-35-52-56(61-54)55-51(59(52)42-24-14-5-15-25-42)34-53(60-55)37-18-8-2-9-19-37/h1-35H. The molecule has 0 saturated carbocycles. The third-order valence-electron chi connectivity index (χ3n) is 12.3. The Labute approximate surface area is 359 Å². The number of aromatic nitrogens is 3. The first-order chi connectivity index (χ1) is 30.2. The predicted molar refractivity (Wildman–Crippen MR) is 262 cm³/mol. The monoisotopic (exact) mass is 813 g/mol. The Morgan fingerprint density at radius 2 is 0.607 bits per heavy atom. The van der Waals surface area contributed by atoms with E-state index in [9.17, 15) is 0 Å². The van der Waals surface area contributed by atoms with Crippen molar-refractivity contribution in [2.24, 2.45) is 0 Å². The molecule has 0 amide bonds. The fraction of sp³-hybridized carbons (Fsp3) is 0. The largest absolute Gasteiger partial charge is 0.309 e. The van der Waals surface area contributed by atoms with Gasteiger partial charge in [-0.25, -0.2) is 0 Å². The maximum absolute atomic E-state index is 2.45. The predicted octanol–water partition coefficient (Wildman–Crippen LogP) is 16.1. The second-order valence-corrected chi connectivity index (χ2v) is 17.8. The summed E-state index contributed by atoms with van der Waals surface area (Å²) in [6.07, 6.45) is 0. The molecule has 0 aliphatic heterocycles. The zero-order valence-electron chi connectivity index (χ0n) is 32.9. The van der Waals surface area contributed by atoms with E-state index in [0.29, 0.717) is 0 Å². The summed E-state index contributed by atoms with van der Waals surface area (Å²) < 4.78 is 10.0. The minimum Gasteiger partial charge on any atom is -0.309 e. The Kier molecular flexibility index (Phi) is 7.65. The Balaban J connectivity index is 1.07. The molecular formula is C56H35N3S2. The SMILES string of the molecule is c1ccc(-c2ccc3c(c2)c2cc4c(cc2n3-c2ccccc2)c2cc(-c3cc5c(s3)c3sc(-c6ccccc6)cc3n5-c3ccccc3)ccc2n4-c2ccccc2)cc1. The maximum atomic E-state index is 2.45. The van der Waals surface area contributed by atoms with E-state index in [1.807, 2.05) is 22.7 Å². The zero-order chi connectivity index (χ0) is 40.0. The Bertz CT molecular complexity index is 3780. The minimum atomic E-state index is 1.15. The fourth-order valence-corrected chi connectivity index (χ4v) is 11.9. The molecule has 61 heavy (non-hydrogen) atoms. The van der Waals surface area contributed by atoms with Gasteiger partial charge in [-0.3, -0.25) is 0 Å². The highest BCUT2D eigenvalue weighted by molar-refractivity contribution is 7.30. The molecule has 13 rings (SSSR count). The second kappa shape index (κ2) is 13.5. The molecule has 0 aliphatic rings. The number of fused-ring (bicyclic) bond motifs is 9. The van der Waals surface area contributed by atoms with Crippen LogP contribution in [0.1, 0.15) is 0 Å². The molecular weight excluding hydrogens is 779 g/mol. The lowest BCUT2D eigenvalue weighted by molar-refractivity contribution is 1.17. The van der Waals surface area contributed by atoms with Gasteiger partial charge in [0.25, 0.3) is 0 Å². The summed E-state index contributed by atoms with van der Waals surface area (Å²) in [7, 11) is 0. The van der Waals surface area contributed by atoms with Crippen molar-refractivity contribution in [2.75, 3.05) is 0 Å². The van der Waals surface area contributed by atoms with Crippen LogP contribution in [0.15, 0.2) is 212 Å². The van der Waals surface area contributed by atoms with Crippen LogP contribution in [-0.4, -0.2) is 13.7 Å². The average Bonchev–Trinajstić information content (AvgIpc) is 4.14. The van der Waals surface area contributed by atoms with Crippen LogP contribution < -0.4 is 0 Å². The van der Waals surface area contributed by atoms with E-state index in [2.05, 4.69) is 226 Å². The summed E-state index contributed by atoms with van der Waals surface area (Å²) in [4.78, 5) is 2.56. The van der Waals surface area contributed by atoms with E-state index in [0.717, 1.165) is 11.4 Å². The van der Waals surface area contributed by atoms with Crippen LogP contribution in [0.2, 0.25) is 0 Å². The highest BCUT2D eigenvalue weighted by atomic mass is 32.1. The van der Waals surface area contributed by atoms with Gasteiger partial charge >= 0.3 is 0 Å². The molecule has 0 radical (unpaired) electrons. The lowest BCUT2D eigenvalue weighted by Gasteiger charge is -2.09. The summed E-state index contributed by atoms with van der Waals surface area (Å²) in [5.41, 5.74) is 15.7. The van der Waals surface area contributed by atoms with E-state index in [4.69, 9.17) is 0 Å². The van der Waals surface area contributed by atoms with E-state index in [1.165, 1.54) is 102 Å². The molecule has 3 nitrogen and oxygen atoms in total. The van der Waals surface area contributed by atoms with Crippen molar-refractivity contribution in [3.8, 4) is 49.1 Å². The van der Waals surface area contributed by atoms with Crippen molar-refractivity contribution < 1.29 is 0 Å². The lowest BCUT2D eigenvalue weighted by Crippen LogP contribution is -1.94. The van der Waals surface area contributed by atoms with Crippen LogP contribution in [0.3, 0.4) is 0 Å². The van der Waals surface area contributed by atoms with Crippen molar-refractivity contribution in [1.29, 1.82) is 0 Å². The third-order valence-corrected chi connectivity index (χ3v) is 14.8. The van der Waals surface area contributed by atoms with Crippen molar-refractivity contribution in [2.45, 2.75) is 0 Å². The molecule has 5 aromatic heterocycles. The van der Waals surface area contributed by atoms with Gasteiger partial charge in [0.15, 0.2) is 0 Å². The van der Waals surface area contributed by atoms with Crippen LogP contribution in [-0.2, 0) is 0 Å². The van der Waals surface area contributed by atoms with Gasteiger partial charge in [-0.05, 0) is 107 Å². The topological polar surface area (TPSA) is 14.8 Å². The molecule has 0 bridgehead atoms. The molecule has 0 atom stereocenters. The summed E-state index contributed by atoms with van der Waals surface area (Å²) in [6.45, 7) is 0. The summed E-state index contributed by atoms with van der Waals surface area (Å²) >= 11 is 3.80. The molecule has 5 heteroatoms. The van der Waals surface area contributed by atoms with Gasteiger partial charge in [0, 0.05) is 48.4 Å². The number of thiophene rings is 2. The number of benzene rings is 8. The number of para-hydroxylation sites is 3. The molecule has 0 N–H and O–H groups in total. The number of hydrogen-bond acceptors (Lipinski definition) is 2. The van der Waals surface area contributed by atoms with E-state index < -0.39 is 0 Å². The first-order valence-electron chi connectivity index (χ1n) is 20.7. The van der Waals surface area contributed by atoms with Gasteiger partial charge in [0.1, 0.15) is 0 Å². The van der Waals surface area contributed by atoms with Gasteiger partial charge in [-0.1, -0.05) is 127 Å². The Morgan fingerprint density at radius 3 is 1.08 bits per heavy atom. The van der Waals surface area contributed by atoms with Gasteiger partial charge in [-0.15, -0.1) is 22.7 Å². The first kappa shape index (κ1) is 34.4. The van der Waals surface area contributed by atoms with Gasteiger partial charge in [0.05, 0.1) is 42.5 Å². The maximum Gasteiger partial charge on any atom is 0.0711 e. The summed E-state index contributed by atoms with van der Waals surface area (Å²) in [6, 6.07) is 77.6. The average molecular weight is 814 g/mol. The quantitative estimate of drug-likeness (QED) is 0.159. The van der Waals surface area contributed by atoms with Crippen molar-refractivity contribution in [3.63, 3.8) is 0 Å². The highest BCUT2D eigenvalue weighted by Gasteiger charge is 2.22. The zero-order valence-corrected chi connectivity index (χ0v) is 34.5. The second-order valence-electron chi connectivity index (χ2n) is 15.7. The number of rotatable bonds is 6. The van der Waals surface area contributed by atoms with Crippen LogP contribution in [0, 0.1) is 0 Å². The molecule has 8 aromatic carbocycles. The Morgan fingerprint density at radius 1 is 0.246 bits per heavy atom. The molecule has 0 spiro atoms. The van der Waals surface area contributed by atoms with E-state index in [1.54, 1.807) is 0 Å². The normalized spacial score (nSPS) is 11.9. The van der Waals surface area contributed by atoms with Crippen molar-refractivity contribution in [1.82, 2.24) is 13.7 Å². The number of hydrogen-bond donors (Lipinski definition) is 0. The molecule has 0 fully saturated rings. The summed E-state index contributed by atoms with van der Waals surface area (Å²) in [5.74, 6) is 0. The van der Waals surface area contributed by atoms with Crippen molar-refractivity contribution >= 4 is 86.7 Å². The van der Waals surface area contributed by atoms with Gasteiger partial charge in [-0.2, -0.15) is 0 Å². The van der Waals surface area contributed by atoms with Crippen LogP contribution >= 0.6 is 22.7 Å². The molecule has 5 heterocycles.